The maximum Gasteiger partial charge on any atom is 0.316 e. The molecule has 1 amide bonds. The summed E-state index contributed by atoms with van der Waals surface area (Å²) >= 11 is 1.16. The topological polar surface area (TPSA) is 66.4 Å². The lowest BCUT2D eigenvalue weighted by atomic mass is 10.1. The number of hydrogen-bond donors (Lipinski definition) is 2. The van der Waals surface area contributed by atoms with Crippen molar-refractivity contribution in [3.63, 3.8) is 0 Å². The van der Waals surface area contributed by atoms with Gasteiger partial charge in [-0.15, -0.1) is 11.8 Å². The summed E-state index contributed by atoms with van der Waals surface area (Å²) in [6, 6.07) is 9.59. The molecule has 0 aliphatic carbocycles. The summed E-state index contributed by atoms with van der Waals surface area (Å²) in [6.07, 6.45) is 0.515. The molecule has 1 aromatic rings. The van der Waals surface area contributed by atoms with Crippen molar-refractivity contribution in [3.8, 4) is 0 Å². The van der Waals surface area contributed by atoms with Gasteiger partial charge in [0.15, 0.2) is 0 Å². The SMILES string of the molecule is CCC(SCC(=O)NC(C)c1ccccc1)C(=O)O. The van der Waals surface area contributed by atoms with Gasteiger partial charge in [0.05, 0.1) is 11.8 Å². The molecule has 1 aromatic carbocycles. The van der Waals surface area contributed by atoms with Crippen LogP contribution >= 0.6 is 11.8 Å². The number of hydrogen-bond acceptors (Lipinski definition) is 3. The number of aliphatic carboxylic acids is 1. The number of carboxylic acid groups (broad SMARTS) is 1. The lowest BCUT2D eigenvalue weighted by Crippen LogP contribution is -2.29. The van der Waals surface area contributed by atoms with Gasteiger partial charge in [0.1, 0.15) is 5.25 Å². The highest BCUT2D eigenvalue weighted by molar-refractivity contribution is 8.01. The molecule has 0 aliphatic rings. The first-order chi connectivity index (χ1) is 9.04. The molecular weight excluding hydrogens is 262 g/mol. The zero-order valence-electron chi connectivity index (χ0n) is 11.1. The fraction of sp³-hybridized carbons (Fsp3) is 0.429. The van der Waals surface area contributed by atoms with E-state index in [-0.39, 0.29) is 17.7 Å². The van der Waals surface area contributed by atoms with Gasteiger partial charge in [0, 0.05) is 0 Å². The molecule has 0 fully saturated rings. The molecule has 0 radical (unpaired) electrons. The number of carbonyl (C=O) groups is 2. The van der Waals surface area contributed by atoms with Crippen LogP contribution < -0.4 is 5.32 Å². The van der Waals surface area contributed by atoms with Gasteiger partial charge < -0.3 is 10.4 Å². The van der Waals surface area contributed by atoms with E-state index in [0.717, 1.165) is 17.3 Å². The summed E-state index contributed by atoms with van der Waals surface area (Å²) in [5.74, 6) is -0.834. The van der Waals surface area contributed by atoms with Crippen molar-refractivity contribution in [1.82, 2.24) is 5.32 Å². The van der Waals surface area contributed by atoms with Crippen molar-refractivity contribution in [2.75, 3.05) is 5.75 Å². The Hall–Kier alpha value is -1.49. The van der Waals surface area contributed by atoms with Gasteiger partial charge in [0.2, 0.25) is 5.91 Å². The summed E-state index contributed by atoms with van der Waals surface area (Å²) in [4.78, 5) is 22.6. The monoisotopic (exact) mass is 281 g/mol. The standard InChI is InChI=1S/C14H19NO3S/c1-3-12(14(17)18)19-9-13(16)15-10(2)11-7-5-4-6-8-11/h4-8,10,12H,3,9H2,1-2H3,(H,15,16)(H,17,18). The van der Waals surface area contributed by atoms with E-state index in [1.54, 1.807) is 6.92 Å². The highest BCUT2D eigenvalue weighted by atomic mass is 32.2. The van der Waals surface area contributed by atoms with Crippen molar-refractivity contribution in [3.05, 3.63) is 35.9 Å². The van der Waals surface area contributed by atoms with E-state index in [1.807, 2.05) is 37.3 Å². The van der Waals surface area contributed by atoms with E-state index in [4.69, 9.17) is 5.11 Å². The molecule has 0 heterocycles. The highest BCUT2D eigenvalue weighted by Gasteiger charge is 2.17. The molecule has 2 unspecified atom stereocenters. The van der Waals surface area contributed by atoms with Gasteiger partial charge in [-0.2, -0.15) is 0 Å². The zero-order valence-corrected chi connectivity index (χ0v) is 11.9. The third-order valence-electron chi connectivity index (χ3n) is 2.74. The smallest absolute Gasteiger partial charge is 0.316 e. The van der Waals surface area contributed by atoms with E-state index >= 15 is 0 Å². The molecular formula is C14H19NO3S. The van der Waals surface area contributed by atoms with Crippen molar-refractivity contribution >= 4 is 23.6 Å². The molecule has 0 saturated carbocycles. The molecule has 104 valence electrons. The number of amides is 1. The second-order valence-corrected chi connectivity index (χ2v) is 5.44. The number of carbonyl (C=O) groups excluding carboxylic acids is 1. The third-order valence-corrected chi connectivity index (χ3v) is 4.11. The second-order valence-electron chi connectivity index (χ2n) is 4.25. The van der Waals surface area contributed by atoms with E-state index in [0.29, 0.717) is 6.42 Å². The number of rotatable bonds is 7. The lowest BCUT2D eigenvalue weighted by Gasteiger charge is -2.15. The Morgan fingerprint density at radius 1 is 1.32 bits per heavy atom. The van der Waals surface area contributed by atoms with Crippen molar-refractivity contribution < 1.29 is 14.7 Å². The first kappa shape index (κ1) is 15.6. The van der Waals surface area contributed by atoms with Crippen molar-refractivity contribution in [2.24, 2.45) is 0 Å². The minimum Gasteiger partial charge on any atom is -0.480 e. The van der Waals surface area contributed by atoms with Crippen LogP contribution in [0.4, 0.5) is 0 Å². The van der Waals surface area contributed by atoms with Crippen LogP contribution in [0.5, 0.6) is 0 Å². The Morgan fingerprint density at radius 2 is 1.95 bits per heavy atom. The first-order valence-electron chi connectivity index (χ1n) is 6.23. The van der Waals surface area contributed by atoms with Gasteiger partial charge in [-0.3, -0.25) is 9.59 Å². The fourth-order valence-corrected chi connectivity index (χ4v) is 2.46. The Labute approximate surface area is 117 Å². The van der Waals surface area contributed by atoms with E-state index in [1.165, 1.54) is 0 Å². The van der Waals surface area contributed by atoms with Gasteiger partial charge in [-0.1, -0.05) is 37.3 Å². The second kappa shape index (κ2) is 7.84. The Morgan fingerprint density at radius 3 is 2.47 bits per heavy atom. The Kier molecular flexibility index (Phi) is 6.42. The predicted molar refractivity (Wildman–Crippen MR) is 77.2 cm³/mol. The summed E-state index contributed by atoms with van der Waals surface area (Å²) in [6.45, 7) is 3.71. The normalized spacial score (nSPS) is 13.6. The average Bonchev–Trinajstić information content (AvgIpc) is 2.40. The van der Waals surface area contributed by atoms with Crippen LogP contribution in [0, 0.1) is 0 Å². The highest BCUT2D eigenvalue weighted by Crippen LogP contribution is 2.16. The largest absolute Gasteiger partial charge is 0.480 e. The Balaban J connectivity index is 2.41. The molecule has 2 N–H and O–H groups in total. The maximum absolute atomic E-state index is 11.7. The van der Waals surface area contributed by atoms with Gasteiger partial charge in [-0.05, 0) is 18.9 Å². The van der Waals surface area contributed by atoms with E-state index < -0.39 is 11.2 Å². The first-order valence-corrected chi connectivity index (χ1v) is 7.28. The fourth-order valence-electron chi connectivity index (χ4n) is 1.65. The van der Waals surface area contributed by atoms with E-state index in [9.17, 15) is 9.59 Å². The summed E-state index contributed by atoms with van der Waals surface area (Å²) < 4.78 is 0. The number of nitrogens with one attached hydrogen (secondary N) is 1. The molecule has 2 atom stereocenters. The average molecular weight is 281 g/mol. The molecule has 0 aromatic heterocycles. The van der Waals surface area contributed by atoms with E-state index in [2.05, 4.69) is 5.32 Å². The molecule has 19 heavy (non-hydrogen) atoms. The molecule has 0 saturated heterocycles. The molecule has 0 spiro atoms. The summed E-state index contributed by atoms with van der Waals surface area (Å²) in [5, 5.41) is 11.2. The molecule has 4 nitrogen and oxygen atoms in total. The van der Waals surface area contributed by atoms with Crippen LogP contribution in [-0.2, 0) is 9.59 Å². The number of thioether (sulfide) groups is 1. The summed E-state index contributed by atoms with van der Waals surface area (Å²) in [7, 11) is 0. The van der Waals surface area contributed by atoms with Crippen molar-refractivity contribution in [1.29, 1.82) is 0 Å². The minimum atomic E-state index is -0.864. The number of carboxylic acids is 1. The molecule has 5 heteroatoms. The molecule has 1 rings (SSSR count). The third kappa shape index (κ3) is 5.34. The van der Waals surface area contributed by atoms with Gasteiger partial charge in [-0.25, -0.2) is 0 Å². The minimum absolute atomic E-state index is 0.0702. The molecule has 0 bridgehead atoms. The maximum atomic E-state index is 11.7. The molecule has 0 aliphatic heterocycles. The van der Waals surface area contributed by atoms with Crippen LogP contribution in [-0.4, -0.2) is 28.0 Å². The van der Waals surface area contributed by atoms with Gasteiger partial charge >= 0.3 is 5.97 Å². The van der Waals surface area contributed by atoms with Crippen molar-refractivity contribution in [2.45, 2.75) is 31.6 Å². The van der Waals surface area contributed by atoms with Crippen LogP contribution in [0.2, 0.25) is 0 Å². The lowest BCUT2D eigenvalue weighted by molar-refractivity contribution is -0.136. The number of benzene rings is 1. The van der Waals surface area contributed by atoms with Crippen LogP contribution in [0.15, 0.2) is 30.3 Å². The predicted octanol–water partition coefficient (Wildman–Crippen LogP) is 2.46. The quantitative estimate of drug-likeness (QED) is 0.805. The van der Waals surface area contributed by atoms with Gasteiger partial charge in [0.25, 0.3) is 0 Å². The van der Waals surface area contributed by atoms with Crippen LogP contribution in [0.3, 0.4) is 0 Å². The van der Waals surface area contributed by atoms with Crippen LogP contribution in [0.1, 0.15) is 31.9 Å². The summed E-state index contributed by atoms with van der Waals surface area (Å²) in [5.41, 5.74) is 1.03. The Bertz CT molecular complexity index is 422. The van der Waals surface area contributed by atoms with Crippen LogP contribution in [0.25, 0.3) is 0 Å². The zero-order chi connectivity index (χ0) is 14.3.